The van der Waals surface area contributed by atoms with E-state index in [9.17, 15) is 18.0 Å². The molecule has 1 aromatic carbocycles. The number of aromatic nitrogens is 4. The number of carbonyl (C=O) groups is 1. The van der Waals surface area contributed by atoms with Gasteiger partial charge in [0.1, 0.15) is 11.3 Å². The van der Waals surface area contributed by atoms with Crippen LogP contribution in [0.2, 0.25) is 10.0 Å². The predicted molar refractivity (Wildman–Crippen MR) is 138 cm³/mol. The van der Waals surface area contributed by atoms with Crippen LogP contribution in [-0.2, 0) is 4.79 Å². The second-order valence-corrected chi connectivity index (χ2v) is 10.5. The lowest BCUT2D eigenvalue weighted by Crippen LogP contribution is -2.28. The minimum atomic E-state index is -4.89. The summed E-state index contributed by atoms with van der Waals surface area (Å²) in [6.07, 6.45) is 3.69. The fourth-order valence-electron chi connectivity index (χ4n) is 5.24. The zero-order chi connectivity index (χ0) is 27.0. The van der Waals surface area contributed by atoms with Gasteiger partial charge in [0, 0.05) is 30.1 Å². The van der Waals surface area contributed by atoms with Crippen molar-refractivity contribution < 1.29 is 22.7 Å². The molecule has 0 saturated heterocycles. The van der Waals surface area contributed by atoms with E-state index in [1.165, 1.54) is 0 Å². The maximum absolute atomic E-state index is 12.7. The number of amides is 1. The number of hydrogen-bond donors (Lipinski definition) is 3. The number of halogens is 5. The smallest absolute Gasteiger partial charge is 0.406 e. The number of rotatable bonds is 7. The number of fused-ring (bicyclic) bond motifs is 1. The van der Waals surface area contributed by atoms with Gasteiger partial charge in [0.15, 0.2) is 5.65 Å². The highest BCUT2D eigenvalue weighted by Gasteiger charge is 2.32. The number of anilines is 3. The molecule has 1 amide bonds. The third kappa shape index (κ3) is 5.85. The monoisotopic (exact) mass is 571 g/mol. The van der Waals surface area contributed by atoms with Crippen LogP contribution >= 0.6 is 23.2 Å². The topological polar surface area (TPSA) is 120 Å². The van der Waals surface area contributed by atoms with Crippen LogP contribution in [0.25, 0.3) is 11.2 Å². The van der Waals surface area contributed by atoms with E-state index in [1.54, 1.807) is 6.20 Å². The number of alkyl halides is 3. The molecule has 0 spiro atoms. The molecule has 0 bridgehead atoms. The van der Waals surface area contributed by atoms with Gasteiger partial charge in [-0.05, 0) is 38.5 Å². The van der Waals surface area contributed by atoms with Gasteiger partial charge in [-0.25, -0.2) is 9.97 Å². The third-order valence-corrected chi connectivity index (χ3v) is 7.67. The number of hydrogen-bond acceptors (Lipinski definition) is 7. The molecule has 14 heteroatoms. The summed E-state index contributed by atoms with van der Waals surface area (Å²) >= 11 is 12.6. The summed E-state index contributed by atoms with van der Waals surface area (Å²) in [5.41, 5.74) is 6.79. The molecule has 3 aromatic rings. The molecule has 0 unspecified atom stereocenters. The van der Waals surface area contributed by atoms with E-state index in [1.807, 2.05) is 4.57 Å². The molecule has 2 saturated carbocycles. The van der Waals surface area contributed by atoms with Crippen LogP contribution in [0.5, 0.6) is 5.75 Å². The molecule has 5 rings (SSSR count). The van der Waals surface area contributed by atoms with E-state index in [0.717, 1.165) is 37.8 Å². The van der Waals surface area contributed by atoms with E-state index in [0.29, 0.717) is 54.8 Å². The fraction of sp³-hybridized carbons (Fsp3) is 0.500. The minimum Gasteiger partial charge on any atom is -0.406 e. The number of ether oxygens (including phenoxy) is 1. The van der Waals surface area contributed by atoms with Crippen molar-refractivity contribution in [1.82, 2.24) is 19.5 Å². The van der Waals surface area contributed by atoms with Gasteiger partial charge in [-0.3, -0.25) is 9.36 Å². The van der Waals surface area contributed by atoms with Crippen LogP contribution in [0.1, 0.15) is 57.4 Å². The maximum Gasteiger partial charge on any atom is 0.573 e. The van der Waals surface area contributed by atoms with Crippen molar-refractivity contribution in [2.24, 2.45) is 11.7 Å². The van der Waals surface area contributed by atoms with Gasteiger partial charge in [0.05, 0.1) is 21.9 Å². The average Bonchev–Trinajstić information content (AvgIpc) is 3.47. The number of benzene rings is 1. The Bertz CT molecular complexity index is 1310. The van der Waals surface area contributed by atoms with E-state index in [2.05, 4.69) is 25.3 Å². The van der Waals surface area contributed by atoms with Crippen molar-refractivity contribution >= 4 is 57.9 Å². The van der Waals surface area contributed by atoms with E-state index in [4.69, 9.17) is 33.9 Å². The highest BCUT2D eigenvalue weighted by atomic mass is 35.5. The number of primary amides is 1. The molecule has 0 radical (unpaired) electrons. The van der Waals surface area contributed by atoms with Crippen molar-refractivity contribution in [2.75, 3.05) is 10.6 Å². The minimum absolute atomic E-state index is 0.0716. The SMILES string of the molecule is NC(=O)[C@H]1CC[C@H](n2c(Nc3c(Cl)cc(OC(F)(F)F)cc3Cl)nc3cnc(NC4CCCC4)nc32)CC1. The molecule has 4 N–H and O–H groups in total. The summed E-state index contributed by atoms with van der Waals surface area (Å²) in [4.78, 5) is 25.6. The van der Waals surface area contributed by atoms with Gasteiger partial charge in [0.25, 0.3) is 0 Å². The number of nitrogens with two attached hydrogens (primary N) is 1. The van der Waals surface area contributed by atoms with Crippen LogP contribution in [0.4, 0.5) is 30.8 Å². The molecular formula is C24H26Cl2F3N7O2. The normalized spacial score (nSPS) is 20.6. The van der Waals surface area contributed by atoms with Crippen LogP contribution in [0.15, 0.2) is 18.3 Å². The molecule has 2 heterocycles. The molecule has 9 nitrogen and oxygen atoms in total. The zero-order valence-electron chi connectivity index (χ0n) is 20.2. The van der Waals surface area contributed by atoms with Crippen LogP contribution in [0, 0.1) is 5.92 Å². The predicted octanol–water partition coefficient (Wildman–Crippen LogP) is 6.35. The second-order valence-electron chi connectivity index (χ2n) is 9.68. The fourth-order valence-corrected chi connectivity index (χ4v) is 5.80. The Morgan fingerprint density at radius 2 is 1.71 bits per heavy atom. The maximum atomic E-state index is 12.7. The lowest BCUT2D eigenvalue weighted by molar-refractivity contribution is -0.274. The van der Waals surface area contributed by atoms with E-state index in [-0.39, 0.29) is 33.6 Å². The lowest BCUT2D eigenvalue weighted by atomic mass is 9.85. The van der Waals surface area contributed by atoms with Gasteiger partial charge in [-0.15, -0.1) is 13.2 Å². The van der Waals surface area contributed by atoms with Gasteiger partial charge in [0.2, 0.25) is 17.8 Å². The standard InChI is InChI=1S/C24H26Cl2F3N7O2/c25-16-9-15(38-24(27,28)29)10-17(26)19(16)34-23-33-18-11-31-22(32-13-3-1-2-4-13)35-21(18)36(23)14-7-5-12(6-8-14)20(30)37/h9-14H,1-8H2,(H2,30,37)(H,33,34)(H,31,32,35)/t12-,14-. The highest BCUT2D eigenvalue weighted by molar-refractivity contribution is 6.39. The zero-order valence-corrected chi connectivity index (χ0v) is 21.7. The average molecular weight is 572 g/mol. The Morgan fingerprint density at radius 1 is 1.05 bits per heavy atom. The second kappa shape index (κ2) is 10.6. The van der Waals surface area contributed by atoms with Crippen LogP contribution < -0.4 is 21.1 Å². The van der Waals surface area contributed by atoms with Gasteiger partial charge < -0.3 is 21.1 Å². The van der Waals surface area contributed by atoms with Gasteiger partial charge >= 0.3 is 6.36 Å². The summed E-state index contributed by atoms with van der Waals surface area (Å²) in [6.45, 7) is 0. The molecule has 2 aromatic heterocycles. The van der Waals surface area contributed by atoms with Crippen LogP contribution in [0.3, 0.4) is 0 Å². The first-order valence-electron chi connectivity index (χ1n) is 12.4. The largest absolute Gasteiger partial charge is 0.573 e. The Labute approximate surface area is 226 Å². The van der Waals surface area contributed by atoms with Crippen molar-refractivity contribution in [3.63, 3.8) is 0 Å². The first-order chi connectivity index (χ1) is 18.1. The highest BCUT2D eigenvalue weighted by Crippen LogP contribution is 2.41. The molecule has 2 aliphatic carbocycles. The first-order valence-corrected chi connectivity index (χ1v) is 13.2. The summed E-state index contributed by atoms with van der Waals surface area (Å²) < 4.78 is 43.9. The molecule has 2 fully saturated rings. The Kier molecular flexibility index (Phi) is 7.45. The quantitative estimate of drug-likeness (QED) is 0.302. The number of nitrogens with one attached hydrogen (secondary N) is 2. The first kappa shape index (κ1) is 26.6. The molecule has 38 heavy (non-hydrogen) atoms. The van der Waals surface area contributed by atoms with Gasteiger partial charge in [-0.2, -0.15) is 4.98 Å². The number of nitrogens with zero attached hydrogens (tertiary/aromatic N) is 4. The van der Waals surface area contributed by atoms with E-state index < -0.39 is 12.1 Å². The lowest BCUT2D eigenvalue weighted by Gasteiger charge is -2.29. The summed E-state index contributed by atoms with van der Waals surface area (Å²) in [5, 5.41) is 6.32. The third-order valence-electron chi connectivity index (χ3n) is 7.07. The summed E-state index contributed by atoms with van der Waals surface area (Å²) in [5.74, 6) is -0.209. The van der Waals surface area contributed by atoms with Crippen molar-refractivity contribution in [3.05, 3.63) is 28.4 Å². The Hall–Kier alpha value is -2.99. The summed E-state index contributed by atoms with van der Waals surface area (Å²) in [7, 11) is 0. The molecule has 2 aliphatic rings. The molecule has 0 aliphatic heterocycles. The van der Waals surface area contributed by atoms with Gasteiger partial charge in [-0.1, -0.05) is 36.0 Å². The Morgan fingerprint density at radius 3 is 2.32 bits per heavy atom. The molecule has 0 atom stereocenters. The van der Waals surface area contributed by atoms with Crippen LogP contribution in [-0.4, -0.2) is 37.8 Å². The van der Waals surface area contributed by atoms with Crippen molar-refractivity contribution in [1.29, 1.82) is 0 Å². The molecular weight excluding hydrogens is 546 g/mol. The van der Waals surface area contributed by atoms with Crippen molar-refractivity contribution in [3.8, 4) is 5.75 Å². The summed E-state index contributed by atoms with van der Waals surface area (Å²) in [6, 6.07) is 2.29. The van der Waals surface area contributed by atoms with E-state index >= 15 is 0 Å². The number of carbonyl (C=O) groups excluding carboxylic acids is 1. The number of imidazole rings is 1. The molecule has 204 valence electrons. The Balaban J connectivity index is 1.51. The van der Waals surface area contributed by atoms with Crippen molar-refractivity contribution in [2.45, 2.75) is 69.8 Å².